The first-order chi connectivity index (χ1) is 10.1. The molecule has 2 heterocycles. The van der Waals surface area contributed by atoms with E-state index >= 15 is 0 Å². The number of nitrogens with zero attached hydrogens (tertiary/aromatic N) is 1. The van der Waals surface area contributed by atoms with Gasteiger partial charge in [-0.2, -0.15) is 16.1 Å². The molecule has 22 heavy (non-hydrogen) atoms. The number of amides is 1. The van der Waals surface area contributed by atoms with E-state index in [0.29, 0.717) is 32.6 Å². The quantitative estimate of drug-likeness (QED) is 0.712. The molecule has 1 amide bonds. The zero-order valence-electron chi connectivity index (χ0n) is 12.0. The molecule has 1 aromatic rings. The number of hydrogen-bond donors (Lipinski definition) is 2. The van der Waals surface area contributed by atoms with Crippen LogP contribution in [-0.4, -0.2) is 56.3 Å². The van der Waals surface area contributed by atoms with Gasteiger partial charge in [0.05, 0.1) is 0 Å². The molecule has 0 bridgehead atoms. The van der Waals surface area contributed by atoms with Crippen LogP contribution >= 0.6 is 35.5 Å². The summed E-state index contributed by atoms with van der Waals surface area (Å²) < 4.78 is 26.7. The van der Waals surface area contributed by atoms with Crippen molar-refractivity contribution >= 4 is 51.4 Å². The van der Waals surface area contributed by atoms with Crippen LogP contribution in [0.3, 0.4) is 0 Å². The van der Waals surface area contributed by atoms with Gasteiger partial charge in [0.25, 0.3) is 5.91 Å². The lowest BCUT2D eigenvalue weighted by molar-refractivity contribution is 0.0954. The van der Waals surface area contributed by atoms with Gasteiger partial charge in [-0.3, -0.25) is 4.79 Å². The summed E-state index contributed by atoms with van der Waals surface area (Å²) in [5.41, 5.74) is 5.38. The minimum atomic E-state index is -3.58. The van der Waals surface area contributed by atoms with Gasteiger partial charge in [-0.05, 0) is 24.4 Å². The van der Waals surface area contributed by atoms with Gasteiger partial charge in [0.15, 0.2) is 0 Å². The van der Waals surface area contributed by atoms with Crippen LogP contribution in [0.4, 0.5) is 0 Å². The van der Waals surface area contributed by atoms with Crippen LogP contribution in [0.2, 0.25) is 0 Å². The highest BCUT2D eigenvalue weighted by atomic mass is 35.5. The second-order valence-corrected chi connectivity index (χ2v) is 8.58. The van der Waals surface area contributed by atoms with Gasteiger partial charge in [-0.1, -0.05) is 0 Å². The molecule has 1 aliphatic heterocycles. The van der Waals surface area contributed by atoms with Gasteiger partial charge in [0.2, 0.25) is 10.0 Å². The average Bonchev–Trinajstić information content (AvgIpc) is 2.98. The number of rotatable bonds is 6. The highest BCUT2D eigenvalue weighted by molar-refractivity contribution is 7.99. The lowest BCUT2D eigenvalue weighted by Gasteiger charge is -2.25. The topological polar surface area (TPSA) is 92.5 Å². The van der Waals surface area contributed by atoms with Crippen LogP contribution in [0.5, 0.6) is 0 Å². The third-order valence-electron chi connectivity index (χ3n) is 3.09. The lowest BCUT2D eigenvalue weighted by Crippen LogP contribution is -2.38. The van der Waals surface area contributed by atoms with Crippen LogP contribution in [0.15, 0.2) is 16.3 Å². The molecule has 2 rings (SSSR count). The van der Waals surface area contributed by atoms with Crippen molar-refractivity contribution in [3.63, 3.8) is 0 Å². The number of carbonyl (C=O) groups is 1. The van der Waals surface area contributed by atoms with E-state index in [1.165, 1.54) is 10.4 Å². The van der Waals surface area contributed by atoms with E-state index in [2.05, 4.69) is 5.32 Å². The maximum Gasteiger partial charge on any atom is 0.262 e. The highest BCUT2D eigenvalue weighted by Gasteiger charge is 2.30. The third kappa shape index (κ3) is 4.59. The number of thioether (sulfide) groups is 1. The number of nitrogens with one attached hydrogen (secondary N) is 1. The van der Waals surface area contributed by atoms with Crippen molar-refractivity contribution in [2.75, 3.05) is 37.7 Å². The largest absolute Gasteiger partial charge is 0.351 e. The summed E-state index contributed by atoms with van der Waals surface area (Å²) in [5, 5.41) is 4.35. The first-order valence-electron chi connectivity index (χ1n) is 6.71. The molecule has 0 spiro atoms. The van der Waals surface area contributed by atoms with Crippen molar-refractivity contribution in [2.24, 2.45) is 5.73 Å². The van der Waals surface area contributed by atoms with E-state index in [1.54, 1.807) is 17.1 Å². The molecular weight excluding hydrogens is 366 g/mol. The van der Waals surface area contributed by atoms with E-state index in [0.717, 1.165) is 22.8 Å². The van der Waals surface area contributed by atoms with E-state index < -0.39 is 10.0 Å². The van der Waals surface area contributed by atoms with Crippen LogP contribution in [0, 0.1) is 0 Å². The predicted molar refractivity (Wildman–Crippen MR) is 93.7 cm³/mol. The highest BCUT2D eigenvalue weighted by Crippen LogP contribution is 2.26. The van der Waals surface area contributed by atoms with Gasteiger partial charge in [0.1, 0.15) is 9.77 Å². The zero-order valence-corrected chi connectivity index (χ0v) is 15.3. The molecule has 126 valence electrons. The maximum absolute atomic E-state index is 12.6. The van der Waals surface area contributed by atoms with Gasteiger partial charge in [-0.15, -0.1) is 23.7 Å². The molecule has 0 aliphatic carbocycles. The van der Waals surface area contributed by atoms with Crippen molar-refractivity contribution < 1.29 is 13.2 Å². The van der Waals surface area contributed by atoms with Crippen molar-refractivity contribution in [1.82, 2.24) is 9.62 Å². The lowest BCUT2D eigenvalue weighted by atomic mass is 10.4. The predicted octanol–water partition coefficient (Wildman–Crippen LogP) is 0.986. The molecule has 0 unspecified atom stereocenters. The Morgan fingerprint density at radius 3 is 2.68 bits per heavy atom. The Bertz CT molecular complexity index is 585. The molecule has 0 aromatic carbocycles. The first-order valence-corrected chi connectivity index (χ1v) is 10.2. The Hall–Kier alpha value is -0.320. The summed E-state index contributed by atoms with van der Waals surface area (Å²) in [5.74, 6) is 1.24. The molecule has 6 nitrogen and oxygen atoms in total. The first kappa shape index (κ1) is 19.7. The molecule has 0 atom stereocenters. The minimum absolute atomic E-state index is 0. The van der Waals surface area contributed by atoms with Crippen LogP contribution in [-0.2, 0) is 10.0 Å². The van der Waals surface area contributed by atoms with Crippen LogP contribution in [0.1, 0.15) is 16.1 Å². The van der Waals surface area contributed by atoms with Gasteiger partial charge >= 0.3 is 0 Å². The second kappa shape index (κ2) is 9.09. The molecule has 1 saturated heterocycles. The number of sulfonamides is 1. The van der Waals surface area contributed by atoms with E-state index in [1.807, 2.05) is 0 Å². The van der Waals surface area contributed by atoms with Crippen molar-refractivity contribution in [1.29, 1.82) is 0 Å². The number of hydrogen-bond acceptors (Lipinski definition) is 6. The Kier molecular flexibility index (Phi) is 8.15. The summed E-state index contributed by atoms with van der Waals surface area (Å²) in [6.07, 6.45) is 0.669. The monoisotopic (exact) mass is 385 g/mol. The fourth-order valence-corrected chi connectivity index (χ4v) is 5.87. The van der Waals surface area contributed by atoms with Crippen molar-refractivity contribution in [2.45, 2.75) is 11.3 Å². The van der Waals surface area contributed by atoms with Crippen molar-refractivity contribution in [3.05, 3.63) is 16.3 Å². The maximum atomic E-state index is 12.6. The molecule has 1 aromatic heterocycles. The zero-order chi connectivity index (χ0) is 15.3. The summed E-state index contributed by atoms with van der Waals surface area (Å²) in [6.45, 7) is 1.93. The summed E-state index contributed by atoms with van der Waals surface area (Å²) in [4.78, 5) is 12.5. The Balaban J connectivity index is 0.00000242. The molecule has 0 saturated carbocycles. The van der Waals surface area contributed by atoms with E-state index in [-0.39, 0.29) is 28.1 Å². The average molecular weight is 386 g/mol. The third-order valence-corrected chi connectivity index (χ3v) is 7.02. The molecule has 10 heteroatoms. The SMILES string of the molecule is Cl.NCCCNC(=O)c1sccc1S(=O)(=O)N1CCSCC1. The minimum Gasteiger partial charge on any atom is -0.351 e. The Morgan fingerprint density at radius 1 is 1.36 bits per heavy atom. The fraction of sp³-hybridized carbons (Fsp3) is 0.583. The van der Waals surface area contributed by atoms with Gasteiger partial charge in [-0.25, -0.2) is 8.42 Å². The molecular formula is C12H20ClN3O3S3. The second-order valence-electron chi connectivity index (χ2n) is 4.53. The van der Waals surface area contributed by atoms with Crippen LogP contribution < -0.4 is 11.1 Å². The fourth-order valence-electron chi connectivity index (χ4n) is 1.98. The molecule has 0 radical (unpaired) electrons. The summed E-state index contributed by atoms with van der Waals surface area (Å²) >= 11 is 2.89. The van der Waals surface area contributed by atoms with Gasteiger partial charge < -0.3 is 11.1 Å². The number of carbonyl (C=O) groups excluding carboxylic acids is 1. The number of halogens is 1. The summed E-state index contributed by atoms with van der Waals surface area (Å²) in [6, 6.07) is 1.51. The molecule has 3 N–H and O–H groups in total. The summed E-state index contributed by atoms with van der Waals surface area (Å²) in [7, 11) is -3.58. The van der Waals surface area contributed by atoms with Crippen molar-refractivity contribution in [3.8, 4) is 0 Å². The Morgan fingerprint density at radius 2 is 2.05 bits per heavy atom. The van der Waals surface area contributed by atoms with Crippen LogP contribution in [0.25, 0.3) is 0 Å². The Labute approximate surface area is 145 Å². The smallest absolute Gasteiger partial charge is 0.262 e. The van der Waals surface area contributed by atoms with E-state index in [4.69, 9.17) is 5.73 Å². The van der Waals surface area contributed by atoms with E-state index in [9.17, 15) is 13.2 Å². The molecule has 1 aliphatic rings. The standard InChI is InChI=1S/C12H19N3O3S3.ClH/c13-3-1-4-14-12(16)11-10(2-7-20-11)21(17,18)15-5-8-19-9-6-15;/h2,7H,1,3-6,8-9,13H2,(H,14,16);1H. The number of nitrogens with two attached hydrogens (primary N) is 1. The van der Waals surface area contributed by atoms with Gasteiger partial charge in [0, 0.05) is 31.1 Å². The number of thiophene rings is 1. The molecule has 1 fully saturated rings. The normalized spacial score (nSPS) is 16.0.